The highest BCUT2D eigenvalue weighted by molar-refractivity contribution is 7.07. The summed E-state index contributed by atoms with van der Waals surface area (Å²) in [6.45, 7) is 2.18. The monoisotopic (exact) mass is 300 g/mol. The molecule has 0 fully saturated rings. The molecular formula is C14H12N4O2S. The number of nitrogens with zero attached hydrogens (tertiary/aromatic N) is 3. The molecule has 106 valence electrons. The molecule has 3 heterocycles. The van der Waals surface area contributed by atoms with Crippen molar-refractivity contribution in [3.05, 3.63) is 53.1 Å². The van der Waals surface area contributed by atoms with Gasteiger partial charge in [0.2, 0.25) is 0 Å². The Morgan fingerprint density at radius 1 is 1.38 bits per heavy atom. The smallest absolute Gasteiger partial charge is 0.265 e. The van der Waals surface area contributed by atoms with Crippen molar-refractivity contribution in [2.45, 2.75) is 13.5 Å². The summed E-state index contributed by atoms with van der Waals surface area (Å²) in [5.41, 5.74) is 3.33. The Morgan fingerprint density at radius 3 is 2.90 bits per heavy atom. The first-order chi connectivity index (χ1) is 10.2. The molecule has 0 saturated carbocycles. The first kappa shape index (κ1) is 13.4. The van der Waals surface area contributed by atoms with Crippen LogP contribution in [0.5, 0.6) is 0 Å². The van der Waals surface area contributed by atoms with E-state index in [1.165, 1.54) is 0 Å². The lowest BCUT2D eigenvalue weighted by Gasteiger charge is -2.04. The van der Waals surface area contributed by atoms with Gasteiger partial charge in [-0.15, -0.1) is 5.10 Å². The molecule has 0 unspecified atom stereocenters. The van der Waals surface area contributed by atoms with E-state index in [1.54, 1.807) is 25.6 Å². The number of rotatable bonds is 4. The van der Waals surface area contributed by atoms with Crippen LogP contribution in [-0.4, -0.2) is 20.5 Å². The fourth-order valence-electron chi connectivity index (χ4n) is 1.81. The Morgan fingerprint density at radius 2 is 2.29 bits per heavy atom. The van der Waals surface area contributed by atoms with E-state index in [1.807, 2.05) is 18.2 Å². The Labute approximate surface area is 125 Å². The zero-order chi connectivity index (χ0) is 14.7. The number of hydrogen-bond donors (Lipinski definition) is 1. The fraction of sp³-hybridized carbons (Fsp3) is 0.143. The van der Waals surface area contributed by atoms with Gasteiger partial charge in [0.15, 0.2) is 0 Å². The number of hydrogen-bond acceptors (Lipinski definition) is 6. The van der Waals surface area contributed by atoms with Gasteiger partial charge in [-0.3, -0.25) is 9.78 Å². The average molecular weight is 300 g/mol. The van der Waals surface area contributed by atoms with Gasteiger partial charge in [-0.1, -0.05) is 10.6 Å². The summed E-state index contributed by atoms with van der Waals surface area (Å²) < 4.78 is 8.77. The highest BCUT2D eigenvalue weighted by Gasteiger charge is 2.12. The molecule has 6 nitrogen and oxygen atoms in total. The zero-order valence-electron chi connectivity index (χ0n) is 11.2. The third kappa shape index (κ3) is 2.97. The average Bonchev–Trinajstić information content (AvgIpc) is 3.16. The molecule has 0 aliphatic heterocycles. The Kier molecular flexibility index (Phi) is 3.74. The number of aryl methyl sites for hydroxylation is 1. The van der Waals surface area contributed by atoms with Crippen molar-refractivity contribution in [3.63, 3.8) is 0 Å². The minimum atomic E-state index is -0.165. The Bertz CT molecular complexity index is 735. The Hall–Kier alpha value is -2.54. The molecule has 3 aromatic rings. The predicted octanol–water partition coefficient (Wildman–Crippen LogP) is 2.43. The third-order valence-electron chi connectivity index (χ3n) is 2.95. The molecule has 21 heavy (non-hydrogen) atoms. The predicted molar refractivity (Wildman–Crippen MR) is 77.8 cm³/mol. The summed E-state index contributed by atoms with van der Waals surface area (Å²) in [6.07, 6.45) is 4.99. The van der Waals surface area contributed by atoms with Crippen LogP contribution in [-0.2, 0) is 6.54 Å². The van der Waals surface area contributed by atoms with Gasteiger partial charge in [0, 0.05) is 18.3 Å². The summed E-state index contributed by atoms with van der Waals surface area (Å²) in [4.78, 5) is 16.8. The van der Waals surface area contributed by atoms with Crippen molar-refractivity contribution in [2.75, 3.05) is 0 Å². The van der Waals surface area contributed by atoms with Crippen molar-refractivity contribution in [3.8, 4) is 11.3 Å². The summed E-state index contributed by atoms with van der Waals surface area (Å²) in [7, 11) is 0. The lowest BCUT2D eigenvalue weighted by atomic mass is 10.2. The molecule has 3 rings (SSSR count). The molecule has 0 aliphatic carbocycles. The highest BCUT2D eigenvalue weighted by Crippen LogP contribution is 2.17. The van der Waals surface area contributed by atoms with Gasteiger partial charge >= 0.3 is 0 Å². The van der Waals surface area contributed by atoms with E-state index >= 15 is 0 Å². The van der Waals surface area contributed by atoms with Gasteiger partial charge in [0.05, 0.1) is 23.9 Å². The van der Waals surface area contributed by atoms with Gasteiger partial charge in [0.1, 0.15) is 4.88 Å². The normalized spacial score (nSPS) is 10.5. The number of carbonyl (C=O) groups is 1. The Balaban J connectivity index is 1.64. The number of pyridine rings is 1. The van der Waals surface area contributed by atoms with Crippen LogP contribution in [0.1, 0.15) is 20.9 Å². The molecule has 7 heteroatoms. The molecule has 0 bridgehead atoms. The quantitative estimate of drug-likeness (QED) is 0.800. The molecule has 0 aliphatic rings. The molecular weight excluding hydrogens is 288 g/mol. The van der Waals surface area contributed by atoms with E-state index in [0.717, 1.165) is 28.4 Å². The molecule has 0 spiro atoms. The van der Waals surface area contributed by atoms with Crippen LogP contribution < -0.4 is 5.32 Å². The standard InChI is InChI=1S/C14H12N4O2S/c1-9-13(21-18-17-9)14(19)16-7-10-2-3-12(15-6-10)11-4-5-20-8-11/h2-6,8H,7H2,1H3,(H,16,19). The molecule has 0 radical (unpaired) electrons. The second-order valence-electron chi connectivity index (χ2n) is 4.43. The van der Waals surface area contributed by atoms with Gasteiger partial charge in [-0.05, 0) is 36.2 Å². The van der Waals surface area contributed by atoms with Crippen LogP contribution in [0.15, 0.2) is 41.3 Å². The van der Waals surface area contributed by atoms with Crippen molar-refractivity contribution in [1.82, 2.24) is 19.9 Å². The number of amides is 1. The van der Waals surface area contributed by atoms with E-state index in [9.17, 15) is 4.79 Å². The number of aromatic nitrogens is 3. The van der Waals surface area contributed by atoms with Gasteiger partial charge in [0.25, 0.3) is 5.91 Å². The molecule has 1 N–H and O–H groups in total. The van der Waals surface area contributed by atoms with E-state index < -0.39 is 0 Å². The van der Waals surface area contributed by atoms with Crippen LogP contribution >= 0.6 is 11.5 Å². The number of furan rings is 1. The summed E-state index contributed by atoms with van der Waals surface area (Å²) in [5.74, 6) is -0.165. The van der Waals surface area contributed by atoms with E-state index in [-0.39, 0.29) is 5.91 Å². The van der Waals surface area contributed by atoms with Crippen LogP contribution in [0.2, 0.25) is 0 Å². The SMILES string of the molecule is Cc1nnsc1C(=O)NCc1ccc(-c2ccoc2)nc1. The first-order valence-electron chi connectivity index (χ1n) is 6.28. The second-order valence-corrected chi connectivity index (χ2v) is 5.19. The lowest BCUT2D eigenvalue weighted by molar-refractivity contribution is 0.0954. The van der Waals surface area contributed by atoms with Crippen LogP contribution in [0.4, 0.5) is 0 Å². The van der Waals surface area contributed by atoms with Crippen molar-refractivity contribution in [2.24, 2.45) is 0 Å². The summed E-state index contributed by atoms with van der Waals surface area (Å²) in [6, 6.07) is 5.67. The maximum Gasteiger partial charge on any atom is 0.265 e. The van der Waals surface area contributed by atoms with Gasteiger partial charge < -0.3 is 9.73 Å². The number of carbonyl (C=O) groups excluding carboxylic acids is 1. The van der Waals surface area contributed by atoms with Crippen LogP contribution in [0, 0.1) is 6.92 Å². The minimum absolute atomic E-state index is 0.165. The lowest BCUT2D eigenvalue weighted by Crippen LogP contribution is -2.22. The summed E-state index contributed by atoms with van der Waals surface area (Å²) >= 11 is 1.09. The minimum Gasteiger partial charge on any atom is -0.472 e. The number of nitrogens with one attached hydrogen (secondary N) is 1. The molecule has 1 amide bonds. The van der Waals surface area contributed by atoms with Crippen molar-refractivity contribution >= 4 is 17.4 Å². The van der Waals surface area contributed by atoms with Crippen LogP contribution in [0.3, 0.4) is 0 Å². The van der Waals surface area contributed by atoms with Crippen LogP contribution in [0.25, 0.3) is 11.3 Å². The molecule has 3 aromatic heterocycles. The molecule has 0 aromatic carbocycles. The fourth-order valence-corrected chi connectivity index (χ4v) is 2.39. The first-order valence-corrected chi connectivity index (χ1v) is 7.06. The van der Waals surface area contributed by atoms with E-state index in [2.05, 4.69) is 19.9 Å². The second kappa shape index (κ2) is 5.84. The van der Waals surface area contributed by atoms with Crippen molar-refractivity contribution < 1.29 is 9.21 Å². The maximum absolute atomic E-state index is 11.9. The molecule has 0 saturated heterocycles. The van der Waals surface area contributed by atoms with Gasteiger partial charge in [-0.2, -0.15) is 0 Å². The highest BCUT2D eigenvalue weighted by atomic mass is 32.1. The zero-order valence-corrected chi connectivity index (χ0v) is 12.1. The van der Waals surface area contributed by atoms with E-state index in [0.29, 0.717) is 17.1 Å². The van der Waals surface area contributed by atoms with Gasteiger partial charge in [-0.25, -0.2) is 0 Å². The summed E-state index contributed by atoms with van der Waals surface area (Å²) in [5, 5.41) is 6.65. The molecule has 0 atom stereocenters. The topological polar surface area (TPSA) is 80.9 Å². The largest absolute Gasteiger partial charge is 0.472 e. The van der Waals surface area contributed by atoms with E-state index in [4.69, 9.17) is 4.42 Å². The van der Waals surface area contributed by atoms with Crippen molar-refractivity contribution in [1.29, 1.82) is 0 Å². The maximum atomic E-state index is 11.9. The third-order valence-corrected chi connectivity index (χ3v) is 3.78.